The summed E-state index contributed by atoms with van der Waals surface area (Å²) in [5.74, 6) is 0.809. The number of nitrogens with zero attached hydrogens (tertiary/aromatic N) is 1. The van der Waals surface area contributed by atoms with Crippen LogP contribution in [-0.4, -0.2) is 17.7 Å². The summed E-state index contributed by atoms with van der Waals surface area (Å²) < 4.78 is 11.7. The van der Waals surface area contributed by atoms with Gasteiger partial charge in [0.2, 0.25) is 0 Å². The normalized spacial score (nSPS) is 25.8. The molecular weight excluding hydrogens is 362 g/mol. The molecule has 5 rings (SSSR count). The zero-order valence-corrected chi connectivity index (χ0v) is 17.3. The molecule has 4 nitrogen and oxygen atoms in total. The Morgan fingerprint density at radius 3 is 2.72 bits per heavy atom. The van der Waals surface area contributed by atoms with E-state index in [1.165, 1.54) is 11.1 Å². The van der Waals surface area contributed by atoms with Crippen LogP contribution >= 0.6 is 0 Å². The molecule has 1 aliphatic heterocycles. The number of aryl methyl sites for hydroxylation is 1. The molecule has 4 heteroatoms. The highest BCUT2D eigenvalue weighted by Crippen LogP contribution is 2.62. The van der Waals surface area contributed by atoms with Gasteiger partial charge in [-0.2, -0.15) is 0 Å². The number of carbonyl (C=O) groups is 1. The van der Waals surface area contributed by atoms with Gasteiger partial charge in [-0.05, 0) is 81.4 Å². The van der Waals surface area contributed by atoms with Crippen molar-refractivity contribution in [1.82, 2.24) is 0 Å². The first kappa shape index (κ1) is 18.3. The summed E-state index contributed by atoms with van der Waals surface area (Å²) in [4.78, 5) is 15.1. The van der Waals surface area contributed by atoms with Gasteiger partial charge in [0.05, 0.1) is 18.0 Å². The number of fused-ring (bicyclic) bond motifs is 1. The number of hydrogen-bond donors (Lipinski definition) is 0. The van der Waals surface area contributed by atoms with Crippen molar-refractivity contribution in [2.24, 2.45) is 0 Å². The fourth-order valence-electron chi connectivity index (χ4n) is 5.16. The Morgan fingerprint density at radius 1 is 1.17 bits per heavy atom. The molecule has 29 heavy (non-hydrogen) atoms. The van der Waals surface area contributed by atoms with E-state index in [1.54, 1.807) is 0 Å². The molecule has 1 saturated carbocycles. The lowest BCUT2D eigenvalue weighted by Crippen LogP contribution is -2.57. The number of ether oxygens (including phenoxy) is 2. The van der Waals surface area contributed by atoms with Crippen molar-refractivity contribution in [2.45, 2.75) is 63.5 Å². The SMILES string of the molecule is CC(C)(C)OC(=O)N1c2ccc3cc2C2(CCC3)C/C(=C/Oc3ccccc3)[C@@H]12. The molecular formula is C25H27NO3. The fraction of sp³-hybridized carbons (Fsp3) is 0.400. The van der Waals surface area contributed by atoms with Crippen LogP contribution in [0.5, 0.6) is 5.75 Å². The second kappa shape index (κ2) is 6.38. The van der Waals surface area contributed by atoms with Crippen molar-refractivity contribution in [2.75, 3.05) is 4.90 Å². The van der Waals surface area contributed by atoms with Gasteiger partial charge in [-0.3, -0.25) is 4.90 Å². The van der Waals surface area contributed by atoms with Gasteiger partial charge in [-0.15, -0.1) is 0 Å². The third-order valence-electron chi connectivity index (χ3n) is 6.28. The monoisotopic (exact) mass is 389 g/mol. The lowest BCUT2D eigenvalue weighted by atomic mass is 9.58. The highest BCUT2D eigenvalue weighted by molar-refractivity contribution is 5.95. The molecule has 0 aromatic heterocycles. The summed E-state index contributed by atoms with van der Waals surface area (Å²) >= 11 is 0. The maximum absolute atomic E-state index is 13.2. The molecule has 1 amide bonds. The lowest BCUT2D eigenvalue weighted by Gasteiger charge is -2.49. The number of benzene rings is 2. The quantitative estimate of drug-likeness (QED) is 0.614. The zero-order valence-electron chi connectivity index (χ0n) is 17.3. The Kier molecular flexibility index (Phi) is 4.02. The minimum absolute atomic E-state index is 0.00930. The molecule has 150 valence electrons. The van der Waals surface area contributed by atoms with Crippen LogP contribution in [-0.2, 0) is 16.6 Å². The van der Waals surface area contributed by atoms with Gasteiger partial charge >= 0.3 is 6.09 Å². The van der Waals surface area contributed by atoms with E-state index in [0.29, 0.717) is 0 Å². The largest absolute Gasteiger partial charge is 0.465 e. The number of amides is 1. The topological polar surface area (TPSA) is 38.8 Å². The van der Waals surface area contributed by atoms with E-state index < -0.39 is 5.60 Å². The average molecular weight is 389 g/mol. The van der Waals surface area contributed by atoms with Crippen LogP contribution in [0, 0.1) is 0 Å². The smallest absolute Gasteiger partial charge is 0.415 e. The third kappa shape index (κ3) is 2.93. The van der Waals surface area contributed by atoms with Gasteiger partial charge in [-0.1, -0.05) is 30.3 Å². The Balaban J connectivity index is 1.53. The maximum atomic E-state index is 13.2. The molecule has 1 spiro atoms. The van der Waals surface area contributed by atoms with Gasteiger partial charge in [0.25, 0.3) is 0 Å². The molecule has 2 bridgehead atoms. The van der Waals surface area contributed by atoms with Crippen molar-refractivity contribution < 1.29 is 14.3 Å². The summed E-state index contributed by atoms with van der Waals surface area (Å²) in [6.07, 6.45) is 5.83. The Morgan fingerprint density at radius 2 is 1.97 bits per heavy atom. The summed E-state index contributed by atoms with van der Waals surface area (Å²) in [6.45, 7) is 5.74. The zero-order chi connectivity index (χ0) is 20.2. The summed E-state index contributed by atoms with van der Waals surface area (Å²) in [5, 5.41) is 0. The number of rotatable bonds is 2. The number of anilines is 1. The summed E-state index contributed by atoms with van der Waals surface area (Å²) in [5.41, 5.74) is 4.28. The molecule has 2 atom stereocenters. The second-order valence-corrected chi connectivity index (χ2v) is 9.41. The van der Waals surface area contributed by atoms with E-state index in [-0.39, 0.29) is 17.6 Å². The molecule has 1 heterocycles. The van der Waals surface area contributed by atoms with E-state index in [9.17, 15) is 4.79 Å². The molecule has 2 aliphatic carbocycles. The summed E-state index contributed by atoms with van der Waals surface area (Å²) in [7, 11) is 0. The van der Waals surface area contributed by atoms with Gasteiger partial charge in [-0.25, -0.2) is 4.79 Å². The van der Waals surface area contributed by atoms with Crippen LogP contribution in [0.1, 0.15) is 51.2 Å². The second-order valence-electron chi connectivity index (χ2n) is 9.41. The number of hydrogen-bond acceptors (Lipinski definition) is 3. The van der Waals surface area contributed by atoms with Crippen molar-refractivity contribution >= 4 is 11.8 Å². The highest BCUT2D eigenvalue weighted by atomic mass is 16.6. The molecule has 0 radical (unpaired) electrons. The molecule has 2 aromatic carbocycles. The first-order chi connectivity index (χ1) is 13.9. The van der Waals surface area contributed by atoms with Crippen molar-refractivity contribution in [3.8, 4) is 5.75 Å². The average Bonchev–Trinajstić information content (AvgIpc) is 2.77. The molecule has 2 aromatic rings. The van der Waals surface area contributed by atoms with E-state index in [4.69, 9.17) is 9.47 Å². The summed E-state index contributed by atoms with van der Waals surface area (Å²) in [6, 6.07) is 16.3. The molecule has 0 N–H and O–H groups in total. The highest BCUT2D eigenvalue weighted by Gasteiger charge is 2.62. The van der Waals surface area contributed by atoms with Crippen LogP contribution in [0.25, 0.3) is 0 Å². The Bertz CT molecular complexity index is 989. The van der Waals surface area contributed by atoms with Crippen LogP contribution in [0.3, 0.4) is 0 Å². The maximum Gasteiger partial charge on any atom is 0.415 e. The van der Waals surface area contributed by atoms with Crippen molar-refractivity contribution in [3.63, 3.8) is 0 Å². The van der Waals surface area contributed by atoms with Crippen molar-refractivity contribution in [3.05, 3.63) is 71.5 Å². The lowest BCUT2D eigenvalue weighted by molar-refractivity contribution is 0.0546. The first-order valence-corrected chi connectivity index (χ1v) is 10.4. The van der Waals surface area contributed by atoms with Gasteiger partial charge < -0.3 is 9.47 Å². The number of carbonyl (C=O) groups excluding carboxylic acids is 1. The minimum atomic E-state index is -0.534. The molecule has 1 fully saturated rings. The van der Waals surface area contributed by atoms with E-state index in [2.05, 4.69) is 18.2 Å². The van der Waals surface area contributed by atoms with Gasteiger partial charge in [0, 0.05) is 5.41 Å². The predicted molar refractivity (Wildman–Crippen MR) is 113 cm³/mol. The standard InChI is InChI=1S/C25H27NO3/c1-24(2,3)29-23(27)26-21-12-11-17-8-7-13-25(20(21)14-17)15-18(22(25)26)16-28-19-9-5-4-6-10-19/h4-6,9-12,14,16,22H,7-8,13,15H2,1-3H3/b18-16-/t22-,25?/m1/s1. The third-order valence-corrected chi connectivity index (χ3v) is 6.28. The van der Waals surface area contributed by atoms with Crippen LogP contribution < -0.4 is 9.64 Å². The minimum Gasteiger partial charge on any atom is -0.465 e. The van der Waals surface area contributed by atoms with Crippen LogP contribution in [0.4, 0.5) is 10.5 Å². The van der Waals surface area contributed by atoms with Gasteiger partial charge in [0.1, 0.15) is 11.4 Å². The van der Waals surface area contributed by atoms with E-state index in [0.717, 1.165) is 42.7 Å². The van der Waals surface area contributed by atoms with E-state index >= 15 is 0 Å². The van der Waals surface area contributed by atoms with Crippen LogP contribution in [0.2, 0.25) is 0 Å². The van der Waals surface area contributed by atoms with Crippen LogP contribution in [0.15, 0.2) is 60.4 Å². The predicted octanol–water partition coefficient (Wildman–Crippen LogP) is 5.75. The molecule has 3 aliphatic rings. The first-order valence-electron chi connectivity index (χ1n) is 10.4. The van der Waals surface area contributed by atoms with E-state index in [1.807, 2.05) is 62.3 Å². The molecule has 0 saturated heterocycles. The Hall–Kier alpha value is -2.75. The Labute approximate surface area is 172 Å². The van der Waals surface area contributed by atoms with Crippen molar-refractivity contribution in [1.29, 1.82) is 0 Å². The fourth-order valence-corrected chi connectivity index (χ4v) is 5.16. The molecule has 1 unspecified atom stereocenters. The van der Waals surface area contributed by atoms with Gasteiger partial charge in [0.15, 0.2) is 0 Å². The number of para-hydroxylation sites is 1.